The summed E-state index contributed by atoms with van der Waals surface area (Å²) < 4.78 is 0. The predicted molar refractivity (Wildman–Crippen MR) is 162 cm³/mol. The summed E-state index contributed by atoms with van der Waals surface area (Å²) in [5.41, 5.74) is 8.16. The van der Waals surface area contributed by atoms with Crippen LogP contribution in [0.1, 0.15) is 44.2 Å². The zero-order chi connectivity index (χ0) is 32.4. The second-order valence-electron chi connectivity index (χ2n) is 10.8. The van der Waals surface area contributed by atoms with Crippen LogP contribution in [0.15, 0.2) is 54.7 Å². The van der Waals surface area contributed by atoms with E-state index in [4.69, 9.17) is 5.73 Å². The Morgan fingerprint density at radius 1 is 0.841 bits per heavy atom. The number of hydrogen-bond acceptors (Lipinski definition) is 7. The predicted octanol–water partition coefficient (Wildman–Crippen LogP) is 1.44. The zero-order valence-corrected chi connectivity index (χ0v) is 24.6. The van der Waals surface area contributed by atoms with E-state index in [9.17, 15) is 39.3 Å². The summed E-state index contributed by atoms with van der Waals surface area (Å²) >= 11 is 0. The van der Waals surface area contributed by atoms with Crippen LogP contribution in [0.25, 0.3) is 10.9 Å². The van der Waals surface area contributed by atoms with Crippen molar-refractivity contribution in [2.45, 2.75) is 70.1 Å². The Morgan fingerprint density at radius 2 is 1.45 bits per heavy atom. The lowest BCUT2D eigenvalue weighted by Gasteiger charge is -2.26. The Morgan fingerprint density at radius 3 is 2.09 bits per heavy atom. The van der Waals surface area contributed by atoms with Gasteiger partial charge in [-0.05, 0) is 41.7 Å². The van der Waals surface area contributed by atoms with Crippen molar-refractivity contribution < 1.29 is 39.3 Å². The van der Waals surface area contributed by atoms with Gasteiger partial charge in [-0.3, -0.25) is 19.2 Å². The number of phenolic OH excluding ortho intramolecular Hbond substituents is 1. The molecule has 0 saturated carbocycles. The van der Waals surface area contributed by atoms with E-state index in [1.807, 2.05) is 38.1 Å². The standard InChI is InChI=1S/C31H39N5O8/c1-3-17(2)27(32)30(42)35-24(15-19-16-33-22-7-5-4-6-21(19)22)29(41)34-23(12-13-26(38)39)28(40)36-25(31(43)44)14-18-8-10-20(37)11-9-18/h4-11,16-17,23-25,27,33,37H,3,12-15,32H2,1-2H3,(H,34,41)(H,35,42)(H,36,40)(H,38,39)(H,43,44). The molecule has 0 radical (unpaired) electrons. The average Bonchev–Trinajstić information content (AvgIpc) is 3.40. The van der Waals surface area contributed by atoms with Gasteiger partial charge in [-0.1, -0.05) is 50.6 Å². The number of H-pyrrole nitrogens is 1. The normalized spacial score (nSPS) is 14.5. The van der Waals surface area contributed by atoms with Gasteiger partial charge in [0.15, 0.2) is 0 Å². The zero-order valence-electron chi connectivity index (χ0n) is 24.6. The number of aromatic nitrogens is 1. The van der Waals surface area contributed by atoms with Gasteiger partial charge >= 0.3 is 11.9 Å². The molecule has 0 aliphatic carbocycles. The quantitative estimate of drug-likeness (QED) is 0.117. The van der Waals surface area contributed by atoms with E-state index < -0.39 is 60.2 Å². The SMILES string of the molecule is CCC(C)C(N)C(=O)NC(Cc1c[nH]c2ccccc12)C(=O)NC(CCC(=O)O)C(=O)NC(Cc1ccc(O)cc1)C(=O)O. The van der Waals surface area contributed by atoms with Gasteiger partial charge in [0.25, 0.3) is 0 Å². The van der Waals surface area contributed by atoms with Crippen molar-refractivity contribution in [3.8, 4) is 5.75 Å². The molecule has 3 amide bonds. The summed E-state index contributed by atoms with van der Waals surface area (Å²) in [5.74, 6) is -5.00. The molecule has 13 nitrogen and oxygen atoms in total. The van der Waals surface area contributed by atoms with E-state index in [1.165, 1.54) is 24.3 Å². The summed E-state index contributed by atoms with van der Waals surface area (Å²) in [6.07, 6.45) is 1.40. The number of aromatic hydroxyl groups is 1. The molecule has 2 aromatic carbocycles. The molecule has 3 rings (SSSR count). The number of fused-ring (bicyclic) bond motifs is 1. The van der Waals surface area contributed by atoms with Gasteiger partial charge in [0.05, 0.1) is 6.04 Å². The molecule has 0 fully saturated rings. The third-order valence-corrected chi connectivity index (χ3v) is 7.56. The summed E-state index contributed by atoms with van der Waals surface area (Å²) in [6, 6.07) is 8.21. The maximum Gasteiger partial charge on any atom is 0.326 e. The van der Waals surface area contributed by atoms with Gasteiger partial charge in [-0.15, -0.1) is 0 Å². The highest BCUT2D eigenvalue weighted by Crippen LogP contribution is 2.20. The molecule has 9 N–H and O–H groups in total. The second kappa shape index (κ2) is 15.5. The van der Waals surface area contributed by atoms with Gasteiger partial charge in [0.1, 0.15) is 23.9 Å². The van der Waals surface area contributed by atoms with Crippen LogP contribution in [0.4, 0.5) is 0 Å². The Labute approximate surface area is 254 Å². The fraction of sp³-hybridized carbons (Fsp3) is 0.387. The van der Waals surface area contributed by atoms with Crippen molar-refractivity contribution in [1.29, 1.82) is 0 Å². The number of carbonyl (C=O) groups excluding carboxylic acids is 3. The molecule has 44 heavy (non-hydrogen) atoms. The maximum atomic E-state index is 13.7. The Bertz CT molecular complexity index is 1470. The molecule has 5 atom stereocenters. The van der Waals surface area contributed by atoms with Crippen LogP contribution in [-0.2, 0) is 36.8 Å². The fourth-order valence-corrected chi connectivity index (χ4v) is 4.66. The smallest absolute Gasteiger partial charge is 0.326 e. The lowest BCUT2D eigenvalue weighted by molar-refractivity contribution is -0.143. The number of rotatable bonds is 16. The van der Waals surface area contributed by atoms with Crippen LogP contribution in [0, 0.1) is 5.92 Å². The van der Waals surface area contributed by atoms with Crippen molar-refractivity contribution >= 4 is 40.6 Å². The van der Waals surface area contributed by atoms with Crippen LogP contribution in [-0.4, -0.2) is 74.1 Å². The van der Waals surface area contributed by atoms with Crippen molar-refractivity contribution in [3.05, 3.63) is 65.9 Å². The molecule has 0 bridgehead atoms. The maximum absolute atomic E-state index is 13.7. The first kappa shape index (κ1) is 33.6. The number of para-hydroxylation sites is 1. The van der Waals surface area contributed by atoms with E-state index in [-0.39, 0.29) is 30.9 Å². The van der Waals surface area contributed by atoms with E-state index >= 15 is 0 Å². The number of aliphatic carboxylic acids is 2. The number of carboxylic acids is 2. The third kappa shape index (κ3) is 9.30. The highest BCUT2D eigenvalue weighted by molar-refractivity contribution is 5.95. The number of nitrogens with one attached hydrogen (secondary N) is 4. The minimum atomic E-state index is -1.43. The Hall–Kier alpha value is -4.91. The van der Waals surface area contributed by atoms with E-state index in [2.05, 4.69) is 20.9 Å². The van der Waals surface area contributed by atoms with E-state index in [0.717, 1.165) is 10.9 Å². The first-order valence-corrected chi connectivity index (χ1v) is 14.3. The van der Waals surface area contributed by atoms with Gasteiger partial charge in [-0.2, -0.15) is 0 Å². The number of carbonyl (C=O) groups is 5. The van der Waals surface area contributed by atoms with Crippen LogP contribution < -0.4 is 21.7 Å². The molecule has 1 heterocycles. The van der Waals surface area contributed by atoms with Crippen molar-refractivity contribution in [3.63, 3.8) is 0 Å². The third-order valence-electron chi connectivity index (χ3n) is 7.56. The highest BCUT2D eigenvalue weighted by atomic mass is 16.4. The van der Waals surface area contributed by atoms with Crippen molar-refractivity contribution in [2.24, 2.45) is 11.7 Å². The van der Waals surface area contributed by atoms with Crippen LogP contribution >= 0.6 is 0 Å². The van der Waals surface area contributed by atoms with Gasteiger partial charge in [-0.25, -0.2) is 4.79 Å². The molecular formula is C31H39N5O8. The molecule has 13 heteroatoms. The number of benzene rings is 2. The van der Waals surface area contributed by atoms with Crippen LogP contribution in [0.3, 0.4) is 0 Å². The molecule has 0 saturated heterocycles. The first-order chi connectivity index (χ1) is 20.9. The molecule has 3 aromatic rings. The minimum Gasteiger partial charge on any atom is -0.508 e. The number of carboxylic acid groups (broad SMARTS) is 2. The second-order valence-corrected chi connectivity index (χ2v) is 10.8. The van der Waals surface area contributed by atoms with E-state index in [0.29, 0.717) is 17.5 Å². The fourth-order valence-electron chi connectivity index (χ4n) is 4.66. The number of hydrogen-bond donors (Lipinski definition) is 8. The van der Waals surface area contributed by atoms with Gasteiger partial charge < -0.3 is 42.0 Å². The number of phenols is 1. The lowest BCUT2D eigenvalue weighted by Crippen LogP contribution is -2.58. The highest BCUT2D eigenvalue weighted by Gasteiger charge is 2.32. The molecular weight excluding hydrogens is 570 g/mol. The Balaban J connectivity index is 1.84. The summed E-state index contributed by atoms with van der Waals surface area (Å²) in [6.45, 7) is 3.69. The number of amides is 3. The first-order valence-electron chi connectivity index (χ1n) is 14.3. The average molecular weight is 610 g/mol. The topological polar surface area (TPSA) is 224 Å². The van der Waals surface area contributed by atoms with Crippen LogP contribution in [0.5, 0.6) is 5.75 Å². The molecule has 0 aliphatic heterocycles. The van der Waals surface area contributed by atoms with Gasteiger partial charge in [0.2, 0.25) is 17.7 Å². The number of aromatic amines is 1. The molecule has 1 aromatic heterocycles. The largest absolute Gasteiger partial charge is 0.508 e. The monoisotopic (exact) mass is 609 g/mol. The van der Waals surface area contributed by atoms with Crippen molar-refractivity contribution in [1.82, 2.24) is 20.9 Å². The molecule has 236 valence electrons. The van der Waals surface area contributed by atoms with Gasteiger partial charge in [0, 0.05) is 36.4 Å². The minimum absolute atomic E-state index is 0.0134. The Kier molecular flexibility index (Phi) is 11.9. The van der Waals surface area contributed by atoms with Crippen molar-refractivity contribution in [2.75, 3.05) is 0 Å². The summed E-state index contributed by atoms with van der Waals surface area (Å²) in [5, 5.41) is 36.9. The molecule has 5 unspecified atom stereocenters. The van der Waals surface area contributed by atoms with E-state index in [1.54, 1.807) is 6.20 Å². The van der Waals surface area contributed by atoms with Crippen LogP contribution in [0.2, 0.25) is 0 Å². The number of nitrogens with two attached hydrogens (primary N) is 1. The summed E-state index contributed by atoms with van der Waals surface area (Å²) in [4.78, 5) is 66.4. The molecule has 0 spiro atoms. The molecule has 0 aliphatic rings. The lowest BCUT2D eigenvalue weighted by atomic mass is 9.98. The summed E-state index contributed by atoms with van der Waals surface area (Å²) in [7, 11) is 0.